The van der Waals surface area contributed by atoms with Crippen LogP contribution in [0.5, 0.6) is 0 Å². The molecule has 0 aliphatic heterocycles. The van der Waals surface area contributed by atoms with Gasteiger partial charge in [0.2, 0.25) is 10.0 Å². The van der Waals surface area contributed by atoms with Crippen molar-refractivity contribution in [3.05, 3.63) is 11.4 Å². The van der Waals surface area contributed by atoms with E-state index in [9.17, 15) is 8.42 Å². The molecule has 21 heavy (non-hydrogen) atoms. The van der Waals surface area contributed by atoms with Crippen LogP contribution >= 0.6 is 0 Å². The average Bonchev–Trinajstić information content (AvgIpc) is 2.78. The van der Waals surface area contributed by atoms with E-state index in [0.29, 0.717) is 30.9 Å². The molecule has 0 bridgehead atoms. The first-order valence-corrected chi connectivity index (χ1v) is 8.49. The minimum absolute atomic E-state index is 0.0673. The van der Waals surface area contributed by atoms with Gasteiger partial charge < -0.3 is 5.32 Å². The molecule has 0 aliphatic carbocycles. The third-order valence-corrected chi connectivity index (χ3v) is 5.03. The molecule has 0 amide bonds. The molecule has 0 radical (unpaired) electrons. The van der Waals surface area contributed by atoms with E-state index in [-0.39, 0.29) is 17.5 Å². The third-order valence-electron chi connectivity index (χ3n) is 2.98. The maximum absolute atomic E-state index is 12.8. The lowest BCUT2D eigenvalue weighted by atomic mass is 10.3. The number of aryl methyl sites for hydroxylation is 1. The van der Waals surface area contributed by atoms with Crippen molar-refractivity contribution in [3.63, 3.8) is 0 Å². The molecule has 118 valence electrons. The second-order valence-electron chi connectivity index (χ2n) is 5.20. The first kappa shape index (κ1) is 17.7. The van der Waals surface area contributed by atoms with Gasteiger partial charge in [0.25, 0.3) is 0 Å². The summed E-state index contributed by atoms with van der Waals surface area (Å²) in [5.74, 6) is 2.41. The Morgan fingerprint density at radius 3 is 2.67 bits per heavy atom. The number of sulfonamides is 1. The molecule has 1 aromatic rings. The van der Waals surface area contributed by atoms with E-state index in [1.165, 1.54) is 4.31 Å². The van der Waals surface area contributed by atoms with Gasteiger partial charge in [-0.1, -0.05) is 26.7 Å². The number of hydrogen-bond acceptors (Lipinski definition) is 4. The SMILES string of the molecule is C#CCN(CCC)S(=O)(=O)c1c(CNC(C)C)n[nH]c1C. The summed E-state index contributed by atoms with van der Waals surface area (Å²) >= 11 is 0. The molecular weight excluding hydrogens is 288 g/mol. The lowest BCUT2D eigenvalue weighted by Crippen LogP contribution is -2.33. The van der Waals surface area contributed by atoms with Crippen LogP contribution in [0.4, 0.5) is 0 Å². The second-order valence-corrected chi connectivity index (χ2v) is 7.08. The molecule has 0 saturated carbocycles. The van der Waals surface area contributed by atoms with Crippen LogP contribution in [0, 0.1) is 19.3 Å². The highest BCUT2D eigenvalue weighted by molar-refractivity contribution is 7.89. The quantitative estimate of drug-likeness (QED) is 0.708. The zero-order valence-electron chi connectivity index (χ0n) is 13.1. The zero-order chi connectivity index (χ0) is 16.0. The second kappa shape index (κ2) is 7.59. The molecule has 1 rings (SSSR count). The van der Waals surface area contributed by atoms with Gasteiger partial charge in [-0.25, -0.2) is 8.42 Å². The monoisotopic (exact) mass is 312 g/mol. The Hall–Kier alpha value is -1.36. The number of nitrogens with zero attached hydrogens (tertiary/aromatic N) is 2. The van der Waals surface area contributed by atoms with Gasteiger partial charge in [-0.3, -0.25) is 5.10 Å². The molecule has 0 aromatic carbocycles. The maximum atomic E-state index is 12.8. The summed E-state index contributed by atoms with van der Waals surface area (Å²) < 4.78 is 26.9. The van der Waals surface area contributed by atoms with Gasteiger partial charge in [0.15, 0.2) is 0 Å². The van der Waals surface area contributed by atoms with Crippen LogP contribution in [-0.4, -0.2) is 42.1 Å². The summed E-state index contributed by atoms with van der Waals surface area (Å²) in [4.78, 5) is 0.236. The number of aromatic nitrogens is 2. The van der Waals surface area contributed by atoms with Gasteiger partial charge in [0, 0.05) is 19.1 Å². The number of H-pyrrole nitrogens is 1. The summed E-state index contributed by atoms with van der Waals surface area (Å²) in [5.41, 5.74) is 1.04. The van der Waals surface area contributed by atoms with E-state index in [4.69, 9.17) is 6.42 Å². The normalized spacial score (nSPS) is 12.0. The van der Waals surface area contributed by atoms with E-state index in [0.717, 1.165) is 0 Å². The average molecular weight is 312 g/mol. The van der Waals surface area contributed by atoms with Crippen LogP contribution in [0.1, 0.15) is 38.6 Å². The molecule has 0 saturated heterocycles. The van der Waals surface area contributed by atoms with Gasteiger partial charge in [-0.15, -0.1) is 6.42 Å². The van der Waals surface area contributed by atoms with E-state index < -0.39 is 10.0 Å². The summed E-state index contributed by atoms with van der Waals surface area (Å²) in [6, 6.07) is 0.245. The lowest BCUT2D eigenvalue weighted by Gasteiger charge is -2.19. The molecule has 0 aliphatic rings. The fourth-order valence-electron chi connectivity index (χ4n) is 2.00. The Morgan fingerprint density at radius 1 is 1.48 bits per heavy atom. The molecule has 0 atom stereocenters. The predicted octanol–water partition coefficient (Wildman–Crippen LogP) is 1.25. The van der Waals surface area contributed by atoms with Gasteiger partial charge in [-0.2, -0.15) is 9.40 Å². The fraction of sp³-hybridized carbons (Fsp3) is 0.643. The van der Waals surface area contributed by atoms with Crippen molar-refractivity contribution >= 4 is 10.0 Å². The minimum atomic E-state index is -3.63. The molecule has 0 fully saturated rings. The van der Waals surface area contributed by atoms with Crippen molar-refractivity contribution in [1.29, 1.82) is 0 Å². The number of hydrogen-bond donors (Lipinski definition) is 2. The van der Waals surface area contributed by atoms with Crippen molar-refractivity contribution in [1.82, 2.24) is 19.8 Å². The highest BCUT2D eigenvalue weighted by atomic mass is 32.2. The maximum Gasteiger partial charge on any atom is 0.247 e. The molecular formula is C14H24N4O2S. The van der Waals surface area contributed by atoms with E-state index >= 15 is 0 Å². The van der Waals surface area contributed by atoms with Crippen molar-refractivity contribution in [2.24, 2.45) is 0 Å². The Labute approximate surface area is 127 Å². The highest BCUT2D eigenvalue weighted by Gasteiger charge is 2.29. The molecule has 0 spiro atoms. The highest BCUT2D eigenvalue weighted by Crippen LogP contribution is 2.22. The van der Waals surface area contributed by atoms with Gasteiger partial charge >= 0.3 is 0 Å². The number of terminal acetylenes is 1. The summed E-state index contributed by atoms with van der Waals surface area (Å²) in [5, 5.41) is 10.1. The summed E-state index contributed by atoms with van der Waals surface area (Å²) in [7, 11) is -3.63. The van der Waals surface area contributed by atoms with Crippen LogP contribution in [0.3, 0.4) is 0 Å². The van der Waals surface area contributed by atoms with E-state index in [1.54, 1.807) is 6.92 Å². The minimum Gasteiger partial charge on any atom is -0.309 e. The predicted molar refractivity (Wildman–Crippen MR) is 83.2 cm³/mol. The zero-order valence-corrected chi connectivity index (χ0v) is 13.9. The standard InChI is InChI=1S/C14H24N4O2S/c1-6-8-18(9-7-2)21(19,20)14-12(5)16-17-13(14)10-15-11(3)4/h1,11,15H,7-10H2,2-5H3,(H,16,17). The smallest absolute Gasteiger partial charge is 0.247 e. The van der Waals surface area contributed by atoms with Crippen molar-refractivity contribution in [3.8, 4) is 12.3 Å². The van der Waals surface area contributed by atoms with Crippen LogP contribution in [-0.2, 0) is 16.6 Å². The Balaban J connectivity index is 3.17. The first-order chi connectivity index (χ1) is 9.84. The third kappa shape index (κ3) is 4.30. The Kier molecular flexibility index (Phi) is 6.40. The van der Waals surface area contributed by atoms with Crippen LogP contribution in [0.2, 0.25) is 0 Å². The fourth-order valence-corrected chi connectivity index (χ4v) is 3.77. The number of rotatable bonds is 8. The van der Waals surface area contributed by atoms with Crippen LogP contribution in [0.15, 0.2) is 4.90 Å². The lowest BCUT2D eigenvalue weighted by molar-refractivity contribution is 0.444. The largest absolute Gasteiger partial charge is 0.309 e. The topological polar surface area (TPSA) is 78.1 Å². The van der Waals surface area contributed by atoms with Crippen LogP contribution in [0.25, 0.3) is 0 Å². The van der Waals surface area contributed by atoms with Crippen molar-refractivity contribution in [2.75, 3.05) is 13.1 Å². The molecule has 1 aromatic heterocycles. The molecule has 6 nitrogen and oxygen atoms in total. The van der Waals surface area contributed by atoms with Crippen LogP contribution < -0.4 is 5.32 Å². The van der Waals surface area contributed by atoms with Crippen molar-refractivity contribution < 1.29 is 8.42 Å². The molecule has 7 heteroatoms. The van der Waals surface area contributed by atoms with Gasteiger partial charge in [0.1, 0.15) is 4.90 Å². The first-order valence-electron chi connectivity index (χ1n) is 7.05. The Bertz CT molecular complexity index is 599. The molecule has 1 heterocycles. The number of nitrogens with one attached hydrogen (secondary N) is 2. The summed E-state index contributed by atoms with van der Waals surface area (Å²) in [6.45, 7) is 8.48. The number of aromatic amines is 1. The van der Waals surface area contributed by atoms with Gasteiger partial charge in [0.05, 0.1) is 17.9 Å². The Morgan fingerprint density at radius 2 is 2.14 bits per heavy atom. The summed E-state index contributed by atoms with van der Waals surface area (Å²) in [6.07, 6.45) is 6.00. The van der Waals surface area contributed by atoms with Gasteiger partial charge in [-0.05, 0) is 13.3 Å². The van der Waals surface area contributed by atoms with E-state index in [1.807, 2.05) is 20.8 Å². The van der Waals surface area contributed by atoms with E-state index in [2.05, 4.69) is 21.4 Å². The van der Waals surface area contributed by atoms with Crippen molar-refractivity contribution in [2.45, 2.75) is 51.6 Å². The molecule has 0 unspecified atom stereocenters. The molecule has 2 N–H and O–H groups in total.